The van der Waals surface area contributed by atoms with Crippen molar-refractivity contribution in [1.82, 2.24) is 15.1 Å². The van der Waals surface area contributed by atoms with Gasteiger partial charge >= 0.3 is 0 Å². The highest BCUT2D eigenvalue weighted by molar-refractivity contribution is 5.26. The highest BCUT2D eigenvalue weighted by Gasteiger charge is 2.37. The van der Waals surface area contributed by atoms with Crippen LogP contribution in [0.1, 0.15) is 48.7 Å². The number of aliphatic hydroxyl groups is 1. The van der Waals surface area contributed by atoms with Gasteiger partial charge in [-0.05, 0) is 32.3 Å². The van der Waals surface area contributed by atoms with Gasteiger partial charge in [0.15, 0.2) is 0 Å². The minimum absolute atomic E-state index is 0.0157. The standard InChI is InChI=1S/C20H29N3O/c1-15-18(12-21-19-10-7-11-20(19,3)14-24)16(2)23(22-15)13-17-8-5-4-6-9-17/h4-6,8-9,19,21,24H,7,10-14H2,1-3H3. The van der Waals surface area contributed by atoms with Crippen molar-refractivity contribution >= 4 is 0 Å². The maximum Gasteiger partial charge on any atom is 0.0662 e. The maximum atomic E-state index is 9.71. The number of hydrogen-bond donors (Lipinski definition) is 2. The van der Waals surface area contributed by atoms with Gasteiger partial charge in [0.05, 0.1) is 12.2 Å². The molecule has 2 atom stereocenters. The minimum atomic E-state index is 0.0157. The molecule has 0 radical (unpaired) electrons. The molecule has 0 bridgehead atoms. The number of aryl methyl sites for hydroxylation is 1. The molecule has 1 heterocycles. The fourth-order valence-corrected chi connectivity index (χ4v) is 3.90. The SMILES string of the molecule is Cc1nn(Cc2ccccc2)c(C)c1CNC1CCCC1(C)CO. The van der Waals surface area contributed by atoms with E-state index in [0.717, 1.165) is 31.6 Å². The van der Waals surface area contributed by atoms with E-state index in [4.69, 9.17) is 5.10 Å². The molecule has 4 nitrogen and oxygen atoms in total. The van der Waals surface area contributed by atoms with Crippen LogP contribution in [0, 0.1) is 19.3 Å². The molecule has 1 aliphatic rings. The van der Waals surface area contributed by atoms with Crippen LogP contribution in [0.2, 0.25) is 0 Å². The second kappa shape index (κ2) is 7.08. The van der Waals surface area contributed by atoms with Gasteiger partial charge < -0.3 is 10.4 Å². The third-order valence-electron chi connectivity index (χ3n) is 5.67. The Morgan fingerprint density at radius 1 is 1.29 bits per heavy atom. The maximum absolute atomic E-state index is 9.71. The second-order valence-electron chi connectivity index (χ2n) is 7.43. The Morgan fingerprint density at radius 3 is 2.75 bits per heavy atom. The van der Waals surface area contributed by atoms with Crippen molar-refractivity contribution in [3.63, 3.8) is 0 Å². The lowest BCUT2D eigenvalue weighted by atomic mass is 9.85. The molecule has 24 heavy (non-hydrogen) atoms. The van der Waals surface area contributed by atoms with Crippen molar-refractivity contribution in [2.45, 2.75) is 59.2 Å². The van der Waals surface area contributed by atoms with Gasteiger partial charge in [0.25, 0.3) is 0 Å². The monoisotopic (exact) mass is 327 g/mol. The Morgan fingerprint density at radius 2 is 2.04 bits per heavy atom. The van der Waals surface area contributed by atoms with E-state index >= 15 is 0 Å². The molecule has 1 aromatic carbocycles. The smallest absolute Gasteiger partial charge is 0.0662 e. The molecule has 2 aromatic rings. The second-order valence-corrected chi connectivity index (χ2v) is 7.43. The fraction of sp³-hybridized carbons (Fsp3) is 0.550. The first kappa shape index (κ1) is 17.2. The number of nitrogens with one attached hydrogen (secondary N) is 1. The molecule has 1 aliphatic carbocycles. The molecule has 3 rings (SSSR count). The van der Waals surface area contributed by atoms with E-state index in [1.807, 2.05) is 6.07 Å². The summed E-state index contributed by atoms with van der Waals surface area (Å²) < 4.78 is 2.10. The van der Waals surface area contributed by atoms with Crippen LogP contribution in [0.3, 0.4) is 0 Å². The Hall–Kier alpha value is -1.65. The summed E-state index contributed by atoms with van der Waals surface area (Å²) in [4.78, 5) is 0. The van der Waals surface area contributed by atoms with Crippen LogP contribution < -0.4 is 5.32 Å². The fourth-order valence-electron chi connectivity index (χ4n) is 3.90. The lowest BCUT2D eigenvalue weighted by Crippen LogP contribution is -2.41. The van der Waals surface area contributed by atoms with E-state index in [1.165, 1.54) is 23.2 Å². The van der Waals surface area contributed by atoms with Crippen molar-refractivity contribution < 1.29 is 5.11 Å². The molecule has 0 saturated heterocycles. The Bertz CT molecular complexity index is 680. The lowest BCUT2D eigenvalue weighted by molar-refractivity contribution is 0.118. The summed E-state index contributed by atoms with van der Waals surface area (Å²) in [5, 5.41) is 18.1. The number of hydrogen-bond acceptors (Lipinski definition) is 3. The molecule has 130 valence electrons. The normalized spacial score (nSPS) is 23.8. The summed E-state index contributed by atoms with van der Waals surface area (Å²) in [5.74, 6) is 0. The average molecular weight is 327 g/mol. The molecular formula is C20H29N3O. The predicted molar refractivity (Wildman–Crippen MR) is 96.9 cm³/mol. The molecule has 4 heteroatoms. The first-order valence-corrected chi connectivity index (χ1v) is 8.94. The Labute approximate surface area is 144 Å². The van der Waals surface area contributed by atoms with E-state index < -0.39 is 0 Å². The molecule has 2 unspecified atom stereocenters. The summed E-state index contributed by atoms with van der Waals surface area (Å²) in [5.41, 5.74) is 4.90. The van der Waals surface area contributed by atoms with Crippen LogP contribution in [-0.2, 0) is 13.1 Å². The van der Waals surface area contributed by atoms with Crippen LogP contribution in [0.15, 0.2) is 30.3 Å². The van der Waals surface area contributed by atoms with Crippen LogP contribution in [0.25, 0.3) is 0 Å². The molecule has 0 amide bonds. The van der Waals surface area contributed by atoms with E-state index in [9.17, 15) is 5.11 Å². The van der Waals surface area contributed by atoms with E-state index in [2.05, 4.69) is 55.0 Å². The summed E-state index contributed by atoms with van der Waals surface area (Å²) >= 11 is 0. The van der Waals surface area contributed by atoms with E-state index in [1.54, 1.807) is 0 Å². The number of rotatable bonds is 6. The Balaban J connectivity index is 1.70. The zero-order chi connectivity index (χ0) is 17.2. The van der Waals surface area contributed by atoms with Gasteiger partial charge in [-0.3, -0.25) is 4.68 Å². The van der Waals surface area contributed by atoms with Crippen LogP contribution >= 0.6 is 0 Å². The van der Waals surface area contributed by atoms with Crippen LogP contribution in [0.5, 0.6) is 0 Å². The summed E-state index contributed by atoms with van der Waals surface area (Å²) in [6.07, 6.45) is 3.44. The van der Waals surface area contributed by atoms with Crippen molar-refractivity contribution in [2.24, 2.45) is 5.41 Å². The highest BCUT2D eigenvalue weighted by atomic mass is 16.3. The summed E-state index contributed by atoms with van der Waals surface area (Å²) in [7, 11) is 0. The molecule has 0 aliphatic heterocycles. The van der Waals surface area contributed by atoms with Crippen molar-refractivity contribution in [3.05, 3.63) is 52.8 Å². The number of nitrogens with zero attached hydrogens (tertiary/aromatic N) is 2. The zero-order valence-corrected chi connectivity index (χ0v) is 15.0. The highest BCUT2D eigenvalue weighted by Crippen LogP contribution is 2.37. The van der Waals surface area contributed by atoms with Gasteiger partial charge in [0.2, 0.25) is 0 Å². The van der Waals surface area contributed by atoms with E-state index in [0.29, 0.717) is 6.04 Å². The summed E-state index contributed by atoms with van der Waals surface area (Å²) in [6.45, 7) is 8.33. The number of benzene rings is 1. The van der Waals surface area contributed by atoms with Crippen molar-refractivity contribution in [3.8, 4) is 0 Å². The molecule has 0 spiro atoms. The van der Waals surface area contributed by atoms with Gasteiger partial charge in [-0.2, -0.15) is 5.10 Å². The largest absolute Gasteiger partial charge is 0.396 e. The van der Waals surface area contributed by atoms with E-state index in [-0.39, 0.29) is 12.0 Å². The molecular weight excluding hydrogens is 298 g/mol. The van der Waals surface area contributed by atoms with Crippen molar-refractivity contribution in [1.29, 1.82) is 0 Å². The van der Waals surface area contributed by atoms with Gasteiger partial charge in [-0.25, -0.2) is 0 Å². The molecule has 1 aromatic heterocycles. The first-order chi connectivity index (χ1) is 11.5. The Kier molecular flexibility index (Phi) is 5.07. The van der Waals surface area contributed by atoms with Gasteiger partial charge in [0.1, 0.15) is 0 Å². The number of aliphatic hydroxyl groups excluding tert-OH is 1. The molecule has 1 fully saturated rings. The van der Waals surface area contributed by atoms with Gasteiger partial charge in [0, 0.05) is 35.9 Å². The lowest BCUT2D eigenvalue weighted by Gasteiger charge is -2.30. The van der Waals surface area contributed by atoms with Gasteiger partial charge in [-0.1, -0.05) is 43.7 Å². The van der Waals surface area contributed by atoms with Gasteiger partial charge in [-0.15, -0.1) is 0 Å². The zero-order valence-electron chi connectivity index (χ0n) is 15.0. The van der Waals surface area contributed by atoms with Crippen LogP contribution in [-0.4, -0.2) is 27.5 Å². The first-order valence-electron chi connectivity index (χ1n) is 8.94. The topological polar surface area (TPSA) is 50.1 Å². The third-order valence-corrected chi connectivity index (χ3v) is 5.67. The average Bonchev–Trinajstić information content (AvgIpc) is 3.08. The van der Waals surface area contributed by atoms with Crippen LogP contribution in [0.4, 0.5) is 0 Å². The minimum Gasteiger partial charge on any atom is -0.396 e. The summed E-state index contributed by atoms with van der Waals surface area (Å²) in [6, 6.07) is 10.8. The molecule has 2 N–H and O–H groups in total. The predicted octanol–water partition coefficient (Wildman–Crippen LogP) is 3.19. The quantitative estimate of drug-likeness (QED) is 0.857. The number of aromatic nitrogens is 2. The van der Waals surface area contributed by atoms with Crippen molar-refractivity contribution in [2.75, 3.05) is 6.61 Å². The third kappa shape index (κ3) is 3.40. The molecule has 1 saturated carbocycles.